The van der Waals surface area contributed by atoms with Gasteiger partial charge in [-0.1, -0.05) is 0 Å². The van der Waals surface area contributed by atoms with E-state index < -0.39 is 22.0 Å². The summed E-state index contributed by atoms with van der Waals surface area (Å²) in [4.78, 5) is 22.1. The molecule has 0 aromatic carbocycles. The molecule has 0 heterocycles. The van der Waals surface area contributed by atoms with Gasteiger partial charge in [0.2, 0.25) is 10.0 Å². The first kappa shape index (κ1) is 18.8. The van der Waals surface area contributed by atoms with Crippen LogP contribution in [0.25, 0.3) is 0 Å². The molecule has 8 nitrogen and oxygen atoms in total. The molecule has 0 unspecified atom stereocenters. The lowest BCUT2D eigenvalue weighted by molar-refractivity contribution is -0.141. The largest absolute Gasteiger partial charge is 0.469 e. The van der Waals surface area contributed by atoms with E-state index in [1.807, 2.05) is 0 Å². The SMILES string of the molecule is COCCN(CCC(=O)OC)S(=O)(=O)CCC(=O)OC. The van der Waals surface area contributed by atoms with Crippen molar-refractivity contribution < 1.29 is 32.2 Å². The molecule has 0 aliphatic heterocycles. The summed E-state index contributed by atoms with van der Waals surface area (Å²) in [5.41, 5.74) is 0. The molecule has 0 aliphatic rings. The third kappa shape index (κ3) is 7.41. The Morgan fingerprint density at radius 2 is 1.50 bits per heavy atom. The maximum atomic E-state index is 12.1. The van der Waals surface area contributed by atoms with Crippen molar-refractivity contribution in [3.05, 3.63) is 0 Å². The molecule has 0 N–H and O–H groups in total. The Morgan fingerprint density at radius 1 is 0.950 bits per heavy atom. The molecule has 0 rings (SSSR count). The molecule has 0 saturated heterocycles. The van der Waals surface area contributed by atoms with Gasteiger partial charge in [-0.05, 0) is 0 Å². The van der Waals surface area contributed by atoms with Gasteiger partial charge in [-0.25, -0.2) is 8.42 Å². The summed E-state index contributed by atoms with van der Waals surface area (Å²) in [7, 11) is 0.204. The van der Waals surface area contributed by atoms with Crippen LogP contribution >= 0.6 is 0 Å². The van der Waals surface area contributed by atoms with Crippen molar-refractivity contribution in [1.29, 1.82) is 0 Å². The van der Waals surface area contributed by atoms with E-state index in [4.69, 9.17) is 4.74 Å². The van der Waals surface area contributed by atoms with Gasteiger partial charge in [0.05, 0.1) is 39.4 Å². The van der Waals surface area contributed by atoms with Gasteiger partial charge in [-0.15, -0.1) is 0 Å². The summed E-state index contributed by atoms with van der Waals surface area (Å²) in [6.07, 6.45) is -0.293. The molecule has 20 heavy (non-hydrogen) atoms. The topological polar surface area (TPSA) is 99.2 Å². The number of ether oxygens (including phenoxy) is 3. The summed E-state index contributed by atoms with van der Waals surface area (Å²) in [5, 5.41) is 0. The zero-order chi connectivity index (χ0) is 15.6. The van der Waals surface area contributed by atoms with Gasteiger partial charge >= 0.3 is 11.9 Å². The van der Waals surface area contributed by atoms with Crippen molar-refractivity contribution in [1.82, 2.24) is 4.31 Å². The summed E-state index contributed by atoms with van der Waals surface area (Å²) >= 11 is 0. The van der Waals surface area contributed by atoms with Crippen LogP contribution in [0.15, 0.2) is 0 Å². The zero-order valence-corrected chi connectivity index (χ0v) is 12.8. The average Bonchev–Trinajstić information content (AvgIpc) is 2.44. The van der Waals surface area contributed by atoms with Crippen LogP contribution in [0.2, 0.25) is 0 Å². The van der Waals surface area contributed by atoms with Crippen molar-refractivity contribution in [3.63, 3.8) is 0 Å². The first-order valence-electron chi connectivity index (χ1n) is 5.97. The van der Waals surface area contributed by atoms with Crippen LogP contribution < -0.4 is 0 Å². The second-order valence-electron chi connectivity index (χ2n) is 3.86. The minimum Gasteiger partial charge on any atom is -0.469 e. The Labute approximate surface area is 119 Å². The highest BCUT2D eigenvalue weighted by atomic mass is 32.2. The van der Waals surface area contributed by atoms with Crippen LogP contribution in [0.3, 0.4) is 0 Å². The standard InChI is InChI=1S/C11H21NO7S/c1-17-8-7-12(6-4-10(13)18-2)20(15,16)9-5-11(14)19-3/h4-9H2,1-3H3. The lowest BCUT2D eigenvalue weighted by Gasteiger charge is -2.21. The van der Waals surface area contributed by atoms with Crippen molar-refractivity contribution in [2.75, 3.05) is 46.8 Å². The van der Waals surface area contributed by atoms with Crippen molar-refractivity contribution in [2.24, 2.45) is 0 Å². The average molecular weight is 311 g/mol. The fraction of sp³-hybridized carbons (Fsp3) is 0.818. The van der Waals surface area contributed by atoms with E-state index >= 15 is 0 Å². The number of methoxy groups -OCH3 is 3. The molecule has 0 saturated carbocycles. The number of hydrogen-bond acceptors (Lipinski definition) is 7. The number of sulfonamides is 1. The number of carbonyl (C=O) groups excluding carboxylic acids is 2. The Bertz CT molecular complexity index is 407. The molecule has 0 spiro atoms. The predicted molar refractivity (Wildman–Crippen MR) is 70.5 cm³/mol. The number of rotatable bonds is 10. The van der Waals surface area contributed by atoms with Gasteiger partial charge in [0.1, 0.15) is 0 Å². The third-order valence-electron chi connectivity index (χ3n) is 2.52. The fourth-order valence-corrected chi connectivity index (χ4v) is 2.75. The lowest BCUT2D eigenvalue weighted by atomic mass is 10.4. The summed E-state index contributed by atoms with van der Waals surface area (Å²) in [5.74, 6) is -1.48. The van der Waals surface area contributed by atoms with E-state index in [0.29, 0.717) is 0 Å². The summed E-state index contributed by atoms with van der Waals surface area (Å²) < 4.78 is 38.9. The Balaban J connectivity index is 4.63. The highest BCUT2D eigenvalue weighted by Gasteiger charge is 2.23. The van der Waals surface area contributed by atoms with Crippen LogP contribution in [0.4, 0.5) is 0 Å². The van der Waals surface area contributed by atoms with Crippen LogP contribution in [-0.2, 0) is 33.8 Å². The molecule has 0 atom stereocenters. The minimum atomic E-state index is -3.66. The molecule has 0 bridgehead atoms. The van der Waals surface area contributed by atoms with Crippen molar-refractivity contribution >= 4 is 22.0 Å². The molecule has 0 amide bonds. The van der Waals surface area contributed by atoms with E-state index in [1.54, 1.807) is 0 Å². The Morgan fingerprint density at radius 3 is 2.00 bits per heavy atom. The van der Waals surface area contributed by atoms with Gasteiger partial charge in [-0.2, -0.15) is 4.31 Å². The fourth-order valence-electron chi connectivity index (χ4n) is 1.34. The number of carbonyl (C=O) groups is 2. The number of nitrogens with zero attached hydrogens (tertiary/aromatic N) is 1. The molecule has 0 aromatic heterocycles. The van der Waals surface area contributed by atoms with E-state index in [2.05, 4.69) is 9.47 Å². The molecular weight excluding hydrogens is 290 g/mol. The Hall–Kier alpha value is -1.19. The third-order valence-corrected chi connectivity index (χ3v) is 4.39. The summed E-state index contributed by atoms with van der Waals surface area (Å²) in [6, 6.07) is 0. The minimum absolute atomic E-state index is 0.0143. The quantitative estimate of drug-likeness (QED) is 0.496. The predicted octanol–water partition coefficient (Wildman–Crippen LogP) is -0.609. The van der Waals surface area contributed by atoms with Crippen LogP contribution in [0, 0.1) is 0 Å². The molecule has 0 aliphatic carbocycles. The highest BCUT2D eigenvalue weighted by Crippen LogP contribution is 2.06. The molecule has 118 valence electrons. The normalized spacial score (nSPS) is 11.4. The van der Waals surface area contributed by atoms with E-state index in [-0.39, 0.29) is 38.3 Å². The summed E-state index contributed by atoms with van der Waals surface area (Å²) in [6.45, 7) is 0.287. The maximum Gasteiger partial charge on any atom is 0.306 e. The Kier molecular flexibility index (Phi) is 9.10. The number of hydrogen-bond donors (Lipinski definition) is 0. The van der Waals surface area contributed by atoms with Gasteiger partial charge in [0.25, 0.3) is 0 Å². The smallest absolute Gasteiger partial charge is 0.306 e. The second-order valence-corrected chi connectivity index (χ2v) is 5.95. The molecule has 9 heteroatoms. The first-order valence-corrected chi connectivity index (χ1v) is 7.58. The second kappa shape index (κ2) is 9.67. The zero-order valence-electron chi connectivity index (χ0n) is 12.0. The van der Waals surface area contributed by atoms with Crippen LogP contribution in [0.1, 0.15) is 12.8 Å². The molecular formula is C11H21NO7S. The van der Waals surface area contributed by atoms with Gasteiger partial charge in [0.15, 0.2) is 0 Å². The monoisotopic (exact) mass is 311 g/mol. The molecule has 0 fully saturated rings. The van der Waals surface area contributed by atoms with Gasteiger partial charge < -0.3 is 14.2 Å². The number of esters is 2. The molecule has 0 aromatic rings. The van der Waals surface area contributed by atoms with Gasteiger partial charge in [-0.3, -0.25) is 9.59 Å². The van der Waals surface area contributed by atoms with Crippen molar-refractivity contribution in [2.45, 2.75) is 12.8 Å². The molecule has 0 radical (unpaired) electrons. The maximum absolute atomic E-state index is 12.1. The van der Waals surface area contributed by atoms with E-state index in [1.165, 1.54) is 21.3 Å². The van der Waals surface area contributed by atoms with Crippen LogP contribution in [-0.4, -0.2) is 71.4 Å². The van der Waals surface area contributed by atoms with E-state index in [9.17, 15) is 18.0 Å². The van der Waals surface area contributed by atoms with E-state index in [0.717, 1.165) is 4.31 Å². The van der Waals surface area contributed by atoms with Crippen LogP contribution in [0.5, 0.6) is 0 Å². The lowest BCUT2D eigenvalue weighted by Crippen LogP contribution is -2.37. The first-order chi connectivity index (χ1) is 9.37. The van der Waals surface area contributed by atoms with Gasteiger partial charge in [0, 0.05) is 20.2 Å². The van der Waals surface area contributed by atoms with Crippen molar-refractivity contribution in [3.8, 4) is 0 Å². The highest BCUT2D eigenvalue weighted by molar-refractivity contribution is 7.89.